The fourth-order valence-corrected chi connectivity index (χ4v) is 2.90. The molecule has 1 aromatic carbocycles. The predicted molar refractivity (Wildman–Crippen MR) is 80.0 cm³/mol. The third-order valence-electron chi connectivity index (χ3n) is 3.14. The van der Waals surface area contributed by atoms with Crippen LogP contribution < -0.4 is 5.56 Å². The molecule has 0 spiro atoms. The Hall–Kier alpha value is -2.47. The molecule has 0 amide bonds. The SMILES string of the molecule is Cc1cscc1-c1nc(O)c(-c2ccc(F)cc2)c(=O)[nH]1. The number of benzene rings is 1. The first-order chi connectivity index (χ1) is 10.1. The van der Waals surface area contributed by atoms with Gasteiger partial charge in [0.05, 0.1) is 0 Å². The zero-order valence-electron chi connectivity index (χ0n) is 11.1. The van der Waals surface area contributed by atoms with Crippen LogP contribution in [-0.4, -0.2) is 15.1 Å². The zero-order valence-corrected chi connectivity index (χ0v) is 11.9. The predicted octanol–water partition coefficient (Wildman–Crippen LogP) is 3.32. The van der Waals surface area contributed by atoms with Crippen LogP contribution in [0.25, 0.3) is 22.5 Å². The molecule has 2 aromatic heterocycles. The Labute approximate surface area is 123 Å². The lowest BCUT2D eigenvalue weighted by molar-refractivity contribution is 0.454. The molecule has 3 aromatic rings. The highest BCUT2D eigenvalue weighted by Gasteiger charge is 2.15. The molecule has 3 rings (SSSR count). The van der Waals surface area contributed by atoms with Gasteiger partial charge in [0.25, 0.3) is 5.56 Å². The van der Waals surface area contributed by atoms with Gasteiger partial charge in [0, 0.05) is 10.9 Å². The van der Waals surface area contributed by atoms with Gasteiger partial charge in [0.1, 0.15) is 17.2 Å². The Morgan fingerprint density at radius 1 is 1.24 bits per heavy atom. The summed E-state index contributed by atoms with van der Waals surface area (Å²) in [5.41, 5.74) is 1.73. The summed E-state index contributed by atoms with van der Waals surface area (Å²) < 4.78 is 12.9. The molecule has 0 aliphatic rings. The Bertz CT molecular complexity index is 853. The Balaban J connectivity index is 2.15. The van der Waals surface area contributed by atoms with Crippen LogP contribution in [0.5, 0.6) is 5.88 Å². The van der Waals surface area contributed by atoms with Crippen molar-refractivity contribution >= 4 is 11.3 Å². The molecule has 21 heavy (non-hydrogen) atoms. The summed E-state index contributed by atoms with van der Waals surface area (Å²) in [6.07, 6.45) is 0. The molecule has 0 saturated heterocycles. The van der Waals surface area contributed by atoms with Crippen molar-refractivity contribution in [3.8, 4) is 28.4 Å². The van der Waals surface area contributed by atoms with E-state index in [4.69, 9.17) is 0 Å². The lowest BCUT2D eigenvalue weighted by atomic mass is 10.1. The van der Waals surface area contributed by atoms with Crippen molar-refractivity contribution in [2.75, 3.05) is 0 Å². The molecule has 106 valence electrons. The highest BCUT2D eigenvalue weighted by Crippen LogP contribution is 2.28. The Kier molecular flexibility index (Phi) is 3.31. The maximum Gasteiger partial charge on any atom is 0.262 e. The van der Waals surface area contributed by atoms with Gasteiger partial charge in [-0.25, -0.2) is 4.39 Å². The molecule has 0 aliphatic heterocycles. The normalized spacial score (nSPS) is 10.8. The van der Waals surface area contributed by atoms with Gasteiger partial charge in [-0.2, -0.15) is 16.3 Å². The highest BCUT2D eigenvalue weighted by atomic mass is 32.1. The second-order valence-corrected chi connectivity index (χ2v) is 5.33. The smallest absolute Gasteiger partial charge is 0.262 e. The molecule has 0 unspecified atom stereocenters. The molecule has 0 saturated carbocycles. The number of aromatic nitrogens is 2. The monoisotopic (exact) mass is 302 g/mol. The second kappa shape index (κ2) is 5.14. The zero-order chi connectivity index (χ0) is 15.0. The minimum absolute atomic E-state index is 0.0339. The van der Waals surface area contributed by atoms with E-state index in [9.17, 15) is 14.3 Å². The lowest BCUT2D eigenvalue weighted by Crippen LogP contribution is -2.12. The van der Waals surface area contributed by atoms with Gasteiger partial charge in [-0.3, -0.25) is 4.79 Å². The number of hydrogen-bond acceptors (Lipinski definition) is 4. The van der Waals surface area contributed by atoms with Crippen LogP contribution >= 0.6 is 11.3 Å². The average molecular weight is 302 g/mol. The molecule has 0 radical (unpaired) electrons. The van der Waals surface area contributed by atoms with E-state index >= 15 is 0 Å². The van der Waals surface area contributed by atoms with Crippen LogP contribution in [0.15, 0.2) is 39.8 Å². The summed E-state index contributed by atoms with van der Waals surface area (Å²) in [5.74, 6) is -0.457. The van der Waals surface area contributed by atoms with Crippen molar-refractivity contribution in [1.29, 1.82) is 0 Å². The van der Waals surface area contributed by atoms with E-state index in [0.29, 0.717) is 11.4 Å². The number of halogens is 1. The van der Waals surface area contributed by atoms with Crippen LogP contribution in [-0.2, 0) is 0 Å². The summed E-state index contributed by atoms with van der Waals surface area (Å²) in [6, 6.07) is 5.31. The molecule has 0 atom stereocenters. The molecule has 0 aliphatic carbocycles. The van der Waals surface area contributed by atoms with Gasteiger partial charge in [-0.15, -0.1) is 0 Å². The van der Waals surface area contributed by atoms with E-state index in [1.807, 2.05) is 17.7 Å². The number of aryl methyl sites for hydroxylation is 1. The van der Waals surface area contributed by atoms with Crippen LogP contribution in [0.4, 0.5) is 4.39 Å². The van der Waals surface area contributed by atoms with Crippen molar-refractivity contribution in [2.24, 2.45) is 0 Å². The number of H-pyrrole nitrogens is 1. The fraction of sp³-hybridized carbons (Fsp3) is 0.0667. The molecular weight excluding hydrogens is 291 g/mol. The minimum atomic E-state index is -0.463. The Morgan fingerprint density at radius 3 is 2.52 bits per heavy atom. The highest BCUT2D eigenvalue weighted by molar-refractivity contribution is 7.08. The summed E-state index contributed by atoms with van der Waals surface area (Å²) in [6.45, 7) is 1.90. The van der Waals surface area contributed by atoms with Gasteiger partial charge in [-0.1, -0.05) is 12.1 Å². The topological polar surface area (TPSA) is 66.0 Å². The molecule has 2 heterocycles. The van der Waals surface area contributed by atoms with E-state index in [1.165, 1.54) is 35.6 Å². The summed E-state index contributed by atoms with van der Waals surface area (Å²) >= 11 is 1.49. The third-order valence-corrected chi connectivity index (χ3v) is 4.01. The van der Waals surface area contributed by atoms with Gasteiger partial charge in [0.15, 0.2) is 0 Å². The van der Waals surface area contributed by atoms with E-state index in [-0.39, 0.29) is 11.4 Å². The maximum atomic E-state index is 12.9. The molecule has 6 heteroatoms. The van der Waals surface area contributed by atoms with Crippen LogP contribution in [0, 0.1) is 12.7 Å². The molecule has 4 nitrogen and oxygen atoms in total. The van der Waals surface area contributed by atoms with Crippen molar-refractivity contribution in [3.63, 3.8) is 0 Å². The quantitative estimate of drug-likeness (QED) is 0.763. The van der Waals surface area contributed by atoms with Crippen molar-refractivity contribution in [3.05, 3.63) is 56.8 Å². The molecule has 0 fully saturated rings. The minimum Gasteiger partial charge on any atom is -0.493 e. The number of hydrogen-bond donors (Lipinski definition) is 2. The number of aromatic amines is 1. The largest absolute Gasteiger partial charge is 0.493 e. The first-order valence-electron chi connectivity index (χ1n) is 6.18. The van der Waals surface area contributed by atoms with Gasteiger partial charge in [0.2, 0.25) is 5.88 Å². The van der Waals surface area contributed by atoms with Gasteiger partial charge in [-0.05, 0) is 35.6 Å². The summed E-state index contributed by atoms with van der Waals surface area (Å²) in [7, 11) is 0. The Morgan fingerprint density at radius 2 is 1.95 bits per heavy atom. The number of rotatable bonds is 2. The number of thiophene rings is 1. The van der Waals surface area contributed by atoms with Crippen molar-refractivity contribution in [1.82, 2.24) is 9.97 Å². The standard InChI is InChI=1S/C15H11FN2O2S/c1-8-6-21-7-11(8)13-17-14(19)12(15(20)18-13)9-2-4-10(16)5-3-9/h2-7H,1H3,(H2,17,18,19,20). The average Bonchev–Trinajstić information content (AvgIpc) is 2.86. The summed E-state index contributed by atoms with van der Waals surface area (Å²) in [4.78, 5) is 18.9. The van der Waals surface area contributed by atoms with E-state index in [0.717, 1.165) is 11.1 Å². The van der Waals surface area contributed by atoms with E-state index in [1.54, 1.807) is 0 Å². The lowest BCUT2D eigenvalue weighted by Gasteiger charge is -2.06. The van der Waals surface area contributed by atoms with E-state index in [2.05, 4.69) is 9.97 Å². The van der Waals surface area contributed by atoms with Crippen molar-refractivity contribution < 1.29 is 9.50 Å². The van der Waals surface area contributed by atoms with Crippen LogP contribution in [0.2, 0.25) is 0 Å². The number of nitrogens with zero attached hydrogens (tertiary/aromatic N) is 1. The van der Waals surface area contributed by atoms with Gasteiger partial charge < -0.3 is 10.1 Å². The maximum absolute atomic E-state index is 12.9. The number of aromatic hydroxyl groups is 1. The van der Waals surface area contributed by atoms with E-state index < -0.39 is 11.4 Å². The molecule has 0 bridgehead atoms. The fourth-order valence-electron chi connectivity index (χ4n) is 2.07. The third kappa shape index (κ3) is 2.45. The van der Waals surface area contributed by atoms with Crippen LogP contribution in [0.3, 0.4) is 0 Å². The first kappa shape index (κ1) is 13.5. The first-order valence-corrected chi connectivity index (χ1v) is 7.13. The summed E-state index contributed by atoms with van der Waals surface area (Å²) in [5, 5.41) is 13.8. The molecule has 2 N–H and O–H groups in total. The van der Waals surface area contributed by atoms with Gasteiger partial charge >= 0.3 is 0 Å². The number of nitrogens with one attached hydrogen (secondary N) is 1. The van der Waals surface area contributed by atoms with Crippen molar-refractivity contribution in [2.45, 2.75) is 6.92 Å². The second-order valence-electron chi connectivity index (χ2n) is 4.59. The molecular formula is C15H11FN2O2S. The van der Waals surface area contributed by atoms with Crippen LogP contribution in [0.1, 0.15) is 5.56 Å².